The number of carbonyl (C=O) groups excluding carboxylic acids is 1. The molecule has 1 aliphatic heterocycles. The predicted octanol–water partition coefficient (Wildman–Crippen LogP) is 3.20. The third-order valence-electron chi connectivity index (χ3n) is 4.42. The Morgan fingerprint density at radius 2 is 2.00 bits per heavy atom. The van der Waals surface area contributed by atoms with Crippen LogP contribution in [-0.2, 0) is 30.3 Å². The average molecular weight is 438 g/mol. The lowest BCUT2D eigenvalue weighted by atomic mass is 9.98. The zero-order chi connectivity index (χ0) is 20.2. The number of ether oxygens (including phenoxy) is 1. The molecular formula is C18H25Cl2NO5S. The Labute approximate surface area is 170 Å². The quantitative estimate of drug-likeness (QED) is 0.496. The van der Waals surface area contributed by atoms with E-state index in [2.05, 4.69) is 5.32 Å². The third kappa shape index (κ3) is 7.58. The normalized spacial score (nSPS) is 20.6. The molecule has 9 heteroatoms. The van der Waals surface area contributed by atoms with Gasteiger partial charge in [0, 0.05) is 12.6 Å². The fourth-order valence-electron chi connectivity index (χ4n) is 2.88. The van der Waals surface area contributed by atoms with E-state index >= 15 is 0 Å². The molecule has 1 aliphatic rings. The topological polar surface area (TPSA) is 81.7 Å². The summed E-state index contributed by atoms with van der Waals surface area (Å²) in [4.78, 5) is 12.5. The van der Waals surface area contributed by atoms with Gasteiger partial charge >= 0.3 is 5.97 Å². The highest BCUT2D eigenvalue weighted by Gasteiger charge is 2.34. The van der Waals surface area contributed by atoms with E-state index in [9.17, 15) is 13.2 Å². The number of rotatable bonds is 8. The van der Waals surface area contributed by atoms with E-state index in [-0.39, 0.29) is 24.5 Å². The highest BCUT2D eigenvalue weighted by Crippen LogP contribution is 2.26. The van der Waals surface area contributed by atoms with Crippen LogP contribution in [0, 0.1) is 5.92 Å². The smallest absolute Gasteiger partial charge is 0.310 e. The second kappa shape index (κ2) is 9.09. The van der Waals surface area contributed by atoms with E-state index in [0.717, 1.165) is 11.8 Å². The summed E-state index contributed by atoms with van der Waals surface area (Å²) >= 11 is 12.0. The Bertz CT molecular complexity index is 782. The number of esters is 1. The largest absolute Gasteiger partial charge is 0.459 e. The van der Waals surface area contributed by atoms with Crippen molar-refractivity contribution in [2.45, 2.75) is 44.8 Å². The van der Waals surface area contributed by atoms with Crippen LogP contribution in [-0.4, -0.2) is 45.4 Å². The Kier molecular flexibility index (Phi) is 7.55. The minimum absolute atomic E-state index is 0.0172. The highest BCUT2D eigenvalue weighted by molar-refractivity contribution is 7.85. The molecule has 1 aromatic carbocycles. The monoisotopic (exact) mass is 437 g/mol. The van der Waals surface area contributed by atoms with Gasteiger partial charge in [-0.3, -0.25) is 8.98 Å². The lowest BCUT2D eigenvalue weighted by Crippen LogP contribution is -2.32. The first-order valence-corrected chi connectivity index (χ1v) is 11.3. The molecule has 1 aromatic rings. The van der Waals surface area contributed by atoms with Crippen LogP contribution in [0.4, 0.5) is 0 Å². The zero-order valence-corrected chi connectivity index (χ0v) is 18.0. The van der Waals surface area contributed by atoms with Crippen molar-refractivity contribution in [2.24, 2.45) is 5.92 Å². The van der Waals surface area contributed by atoms with Gasteiger partial charge in [-0.2, -0.15) is 8.42 Å². The van der Waals surface area contributed by atoms with E-state index < -0.39 is 15.7 Å². The molecular weight excluding hydrogens is 413 g/mol. The maximum absolute atomic E-state index is 12.5. The molecule has 0 spiro atoms. The molecule has 0 saturated carbocycles. The van der Waals surface area contributed by atoms with Gasteiger partial charge in [0.05, 0.1) is 28.8 Å². The summed E-state index contributed by atoms with van der Waals surface area (Å²) in [7, 11) is -3.49. The van der Waals surface area contributed by atoms with E-state index in [0.29, 0.717) is 35.9 Å². The Morgan fingerprint density at radius 1 is 1.30 bits per heavy atom. The van der Waals surface area contributed by atoms with Crippen LogP contribution in [0.2, 0.25) is 10.0 Å². The van der Waals surface area contributed by atoms with Crippen LogP contribution in [0.1, 0.15) is 32.3 Å². The molecule has 0 aromatic heterocycles. The van der Waals surface area contributed by atoms with Crippen LogP contribution in [0.25, 0.3) is 0 Å². The van der Waals surface area contributed by atoms with E-state index in [1.54, 1.807) is 6.07 Å². The lowest BCUT2D eigenvalue weighted by molar-refractivity contribution is -0.161. The van der Waals surface area contributed by atoms with Gasteiger partial charge in [-0.25, -0.2) is 0 Å². The molecule has 2 atom stereocenters. The summed E-state index contributed by atoms with van der Waals surface area (Å²) in [5.74, 6) is -0.606. The van der Waals surface area contributed by atoms with Gasteiger partial charge in [-0.1, -0.05) is 29.3 Å². The number of nitrogens with one attached hydrogen (secondary N) is 1. The van der Waals surface area contributed by atoms with Crippen LogP contribution < -0.4 is 5.32 Å². The summed E-state index contributed by atoms with van der Waals surface area (Å²) < 4.78 is 32.6. The molecule has 1 heterocycles. The minimum atomic E-state index is -3.49. The van der Waals surface area contributed by atoms with Crippen molar-refractivity contribution >= 4 is 39.3 Å². The number of aryl methyl sites for hydroxylation is 1. The Morgan fingerprint density at radius 3 is 2.63 bits per heavy atom. The van der Waals surface area contributed by atoms with Crippen molar-refractivity contribution in [1.82, 2.24) is 5.32 Å². The molecule has 0 unspecified atom stereocenters. The fourth-order valence-corrected chi connectivity index (χ4v) is 3.61. The molecule has 27 heavy (non-hydrogen) atoms. The average Bonchev–Trinajstić information content (AvgIpc) is 3.02. The standard InChI is InChI=1S/C18H25Cl2NO5S/c1-18(2,7-6-12-4-5-15(19)16(20)8-12)26-17(22)13-9-14(21-10-13)11-25-27(3,23)24/h4-5,8,13-14,21H,6-7,9-11H2,1-3H3/t13-,14+/m1/s1. The van der Waals surface area contributed by atoms with Crippen LogP contribution >= 0.6 is 23.2 Å². The number of hydrogen-bond donors (Lipinski definition) is 1. The first-order valence-electron chi connectivity index (χ1n) is 8.70. The number of benzene rings is 1. The molecule has 0 bridgehead atoms. The molecule has 152 valence electrons. The first-order chi connectivity index (χ1) is 12.5. The summed E-state index contributed by atoms with van der Waals surface area (Å²) in [6, 6.07) is 5.28. The number of carbonyl (C=O) groups is 1. The van der Waals surface area contributed by atoms with Gasteiger partial charge < -0.3 is 10.1 Å². The summed E-state index contributed by atoms with van der Waals surface area (Å²) in [5, 5.41) is 4.11. The molecule has 1 N–H and O–H groups in total. The van der Waals surface area contributed by atoms with Gasteiger partial charge in [0.2, 0.25) is 0 Å². The van der Waals surface area contributed by atoms with Gasteiger partial charge in [0.25, 0.3) is 10.1 Å². The van der Waals surface area contributed by atoms with Gasteiger partial charge in [0.15, 0.2) is 0 Å². The SMILES string of the molecule is CC(C)(CCc1ccc(Cl)c(Cl)c1)OC(=O)[C@H]1CN[C@H](COS(C)(=O)=O)C1. The van der Waals surface area contributed by atoms with Crippen LogP contribution in [0.15, 0.2) is 18.2 Å². The lowest BCUT2D eigenvalue weighted by Gasteiger charge is -2.27. The van der Waals surface area contributed by atoms with Crippen molar-refractivity contribution in [3.63, 3.8) is 0 Å². The first kappa shape index (κ1) is 22.4. The Balaban J connectivity index is 1.82. The molecule has 1 saturated heterocycles. The van der Waals surface area contributed by atoms with E-state index in [1.165, 1.54) is 0 Å². The number of hydrogen-bond acceptors (Lipinski definition) is 6. The van der Waals surface area contributed by atoms with Crippen molar-refractivity contribution < 1.29 is 22.1 Å². The molecule has 0 aliphatic carbocycles. The maximum Gasteiger partial charge on any atom is 0.310 e. The third-order valence-corrected chi connectivity index (χ3v) is 5.72. The fraction of sp³-hybridized carbons (Fsp3) is 0.611. The van der Waals surface area contributed by atoms with Gasteiger partial charge in [-0.15, -0.1) is 0 Å². The van der Waals surface area contributed by atoms with Crippen molar-refractivity contribution in [3.05, 3.63) is 33.8 Å². The highest BCUT2D eigenvalue weighted by atomic mass is 35.5. The molecule has 0 radical (unpaired) electrons. The molecule has 0 amide bonds. The molecule has 1 fully saturated rings. The molecule has 6 nitrogen and oxygen atoms in total. The summed E-state index contributed by atoms with van der Waals surface area (Å²) in [6.07, 6.45) is 2.82. The van der Waals surface area contributed by atoms with Crippen molar-refractivity contribution in [3.8, 4) is 0 Å². The van der Waals surface area contributed by atoms with E-state index in [4.69, 9.17) is 32.1 Å². The van der Waals surface area contributed by atoms with Crippen molar-refractivity contribution in [2.75, 3.05) is 19.4 Å². The minimum Gasteiger partial charge on any atom is -0.459 e. The molecule has 2 rings (SSSR count). The van der Waals surface area contributed by atoms with Crippen LogP contribution in [0.5, 0.6) is 0 Å². The predicted molar refractivity (Wildman–Crippen MR) is 106 cm³/mol. The summed E-state index contributed by atoms with van der Waals surface area (Å²) in [6.45, 7) is 4.20. The number of halogens is 2. The second-order valence-electron chi connectivity index (χ2n) is 7.46. The van der Waals surface area contributed by atoms with E-state index in [1.807, 2.05) is 26.0 Å². The Hall–Kier alpha value is -0.860. The summed E-state index contributed by atoms with van der Waals surface area (Å²) in [5.41, 5.74) is 0.388. The zero-order valence-electron chi connectivity index (χ0n) is 15.6. The second-order valence-corrected chi connectivity index (χ2v) is 9.91. The van der Waals surface area contributed by atoms with Crippen molar-refractivity contribution in [1.29, 1.82) is 0 Å². The van der Waals surface area contributed by atoms with Gasteiger partial charge in [0.1, 0.15) is 5.60 Å². The van der Waals surface area contributed by atoms with Crippen LogP contribution in [0.3, 0.4) is 0 Å². The van der Waals surface area contributed by atoms with Gasteiger partial charge in [-0.05, 0) is 50.8 Å². The maximum atomic E-state index is 12.5.